The van der Waals surface area contributed by atoms with Gasteiger partial charge in [-0.3, -0.25) is 0 Å². The van der Waals surface area contributed by atoms with Crippen molar-refractivity contribution in [2.45, 2.75) is 26.3 Å². The molecule has 1 aliphatic carbocycles. The average molecular weight is 224 g/mol. The number of fused-ring (bicyclic) bond motifs is 1. The lowest BCUT2D eigenvalue weighted by atomic mass is 10.2. The summed E-state index contributed by atoms with van der Waals surface area (Å²) in [7, 11) is 0. The molecule has 1 aromatic heterocycles. The summed E-state index contributed by atoms with van der Waals surface area (Å²) in [5, 5.41) is 2.45. The number of aromatic nitrogens is 2. The first-order valence-electron chi connectivity index (χ1n) is 6.12. The minimum atomic E-state index is 0.916. The van der Waals surface area contributed by atoms with E-state index < -0.39 is 0 Å². The minimum Gasteiger partial charge on any atom is -0.324 e. The normalized spacial score (nSPS) is 13.7. The maximum atomic E-state index is 4.62. The van der Waals surface area contributed by atoms with Crippen LogP contribution in [0.1, 0.15) is 24.2 Å². The Morgan fingerprint density at radius 2 is 1.88 bits per heavy atom. The monoisotopic (exact) mass is 224 g/mol. The van der Waals surface area contributed by atoms with Gasteiger partial charge in [-0.15, -0.1) is 0 Å². The molecule has 0 atom stereocenters. The molecule has 17 heavy (non-hydrogen) atoms. The Hall–Kier alpha value is -1.83. The Labute approximate surface area is 101 Å². The first-order chi connectivity index (χ1) is 8.34. The predicted molar refractivity (Wildman–Crippen MR) is 69.9 cm³/mol. The number of aryl methyl sites for hydroxylation is 1. The van der Waals surface area contributed by atoms with Crippen LogP contribution in [-0.4, -0.2) is 9.55 Å². The third kappa shape index (κ3) is 1.91. The molecule has 0 unspecified atom stereocenters. The van der Waals surface area contributed by atoms with Gasteiger partial charge in [0.25, 0.3) is 0 Å². The third-order valence-corrected chi connectivity index (χ3v) is 3.25. The quantitative estimate of drug-likeness (QED) is 0.757. The summed E-state index contributed by atoms with van der Waals surface area (Å²) in [6.45, 7) is 3.00. The molecule has 2 aromatic rings. The van der Waals surface area contributed by atoms with Crippen LogP contribution in [-0.2, 0) is 6.54 Å². The van der Waals surface area contributed by atoms with Gasteiger partial charge in [0.15, 0.2) is 0 Å². The van der Waals surface area contributed by atoms with Crippen molar-refractivity contribution in [2.75, 3.05) is 0 Å². The second kappa shape index (κ2) is 4.21. The van der Waals surface area contributed by atoms with E-state index in [1.54, 1.807) is 0 Å². The molecule has 1 aliphatic rings. The second-order valence-electron chi connectivity index (χ2n) is 4.49. The second-order valence-corrected chi connectivity index (χ2v) is 4.49. The van der Waals surface area contributed by atoms with Crippen molar-refractivity contribution < 1.29 is 0 Å². The van der Waals surface area contributed by atoms with E-state index in [4.69, 9.17) is 0 Å². The Balaban J connectivity index is 2.08. The predicted octanol–water partition coefficient (Wildman–Crippen LogP) is 1.59. The molecule has 2 nitrogen and oxygen atoms in total. The summed E-state index contributed by atoms with van der Waals surface area (Å²) in [4.78, 5) is 4.62. The first-order valence-corrected chi connectivity index (χ1v) is 6.12. The lowest BCUT2D eigenvalue weighted by molar-refractivity contribution is 0.738. The highest BCUT2D eigenvalue weighted by Crippen LogP contribution is 2.03. The molecule has 0 saturated heterocycles. The fraction of sp³-hybridized carbons (Fsp3) is 0.267. The van der Waals surface area contributed by atoms with Crippen LogP contribution in [0.25, 0.3) is 12.2 Å². The maximum absolute atomic E-state index is 4.62. The lowest BCUT2D eigenvalue weighted by Gasteiger charge is -2.06. The minimum absolute atomic E-state index is 0.916. The van der Waals surface area contributed by atoms with Crippen molar-refractivity contribution in [1.29, 1.82) is 0 Å². The van der Waals surface area contributed by atoms with Gasteiger partial charge in [-0.25, -0.2) is 4.98 Å². The third-order valence-electron chi connectivity index (χ3n) is 3.25. The SMILES string of the molecule is Cc1nc2c(n1Cc1ccccc1)=CCCC=2. The van der Waals surface area contributed by atoms with Crippen LogP contribution in [0.3, 0.4) is 0 Å². The standard InChI is InChI=1S/C15H16N2/c1-12-16-14-9-5-6-10-15(14)17(12)11-13-7-3-2-4-8-13/h2-4,7-10H,5-6,11H2,1H3. The Kier molecular flexibility index (Phi) is 2.56. The molecule has 1 heterocycles. The van der Waals surface area contributed by atoms with Crippen molar-refractivity contribution in [1.82, 2.24) is 9.55 Å². The molecule has 86 valence electrons. The summed E-state index contributed by atoms with van der Waals surface area (Å²) in [6.07, 6.45) is 6.80. The summed E-state index contributed by atoms with van der Waals surface area (Å²) in [5.74, 6) is 1.10. The van der Waals surface area contributed by atoms with E-state index in [2.05, 4.69) is 59.0 Å². The number of hydrogen-bond acceptors (Lipinski definition) is 1. The molecule has 1 aromatic carbocycles. The highest BCUT2D eigenvalue weighted by atomic mass is 15.1. The highest BCUT2D eigenvalue weighted by molar-refractivity contribution is 5.34. The molecule has 0 radical (unpaired) electrons. The van der Waals surface area contributed by atoms with Crippen molar-refractivity contribution in [3.05, 3.63) is 52.4 Å². The van der Waals surface area contributed by atoms with Gasteiger partial charge < -0.3 is 4.57 Å². The van der Waals surface area contributed by atoms with Crippen LogP contribution in [0, 0.1) is 6.92 Å². The first kappa shape index (κ1) is 10.3. The molecule has 0 spiro atoms. The van der Waals surface area contributed by atoms with Crippen LogP contribution in [0.15, 0.2) is 30.3 Å². The molecule has 0 bridgehead atoms. The van der Waals surface area contributed by atoms with Gasteiger partial charge in [-0.2, -0.15) is 0 Å². The molecule has 0 N–H and O–H groups in total. The highest BCUT2D eigenvalue weighted by Gasteiger charge is 2.06. The van der Waals surface area contributed by atoms with Gasteiger partial charge in [0.05, 0.1) is 10.7 Å². The smallest absolute Gasteiger partial charge is 0.107 e. The molecule has 0 amide bonds. The number of benzene rings is 1. The van der Waals surface area contributed by atoms with E-state index >= 15 is 0 Å². The summed E-state index contributed by atoms with van der Waals surface area (Å²) >= 11 is 0. The van der Waals surface area contributed by atoms with Gasteiger partial charge in [0, 0.05) is 6.54 Å². The topological polar surface area (TPSA) is 17.8 Å². The van der Waals surface area contributed by atoms with Gasteiger partial charge in [-0.05, 0) is 25.3 Å². The molecular formula is C15H16N2. The van der Waals surface area contributed by atoms with Crippen molar-refractivity contribution in [2.24, 2.45) is 0 Å². The number of hydrogen-bond donors (Lipinski definition) is 0. The van der Waals surface area contributed by atoms with E-state index in [0.29, 0.717) is 0 Å². The molecule has 3 rings (SSSR count). The van der Waals surface area contributed by atoms with Gasteiger partial charge in [0.2, 0.25) is 0 Å². The number of rotatable bonds is 2. The summed E-state index contributed by atoms with van der Waals surface area (Å²) in [6, 6.07) is 10.6. The Morgan fingerprint density at radius 1 is 1.12 bits per heavy atom. The van der Waals surface area contributed by atoms with Crippen LogP contribution in [0.5, 0.6) is 0 Å². The Bertz CT molecular complexity index is 636. The molecule has 2 heteroatoms. The van der Waals surface area contributed by atoms with E-state index in [1.807, 2.05) is 0 Å². The van der Waals surface area contributed by atoms with Crippen LogP contribution in [0.4, 0.5) is 0 Å². The zero-order chi connectivity index (χ0) is 11.7. The van der Waals surface area contributed by atoms with Crippen LogP contribution >= 0.6 is 0 Å². The fourth-order valence-corrected chi connectivity index (χ4v) is 2.38. The molecule has 0 saturated carbocycles. The summed E-state index contributed by atoms with van der Waals surface area (Å²) < 4.78 is 2.31. The van der Waals surface area contributed by atoms with Crippen molar-refractivity contribution >= 4 is 12.2 Å². The number of imidazole rings is 1. The lowest BCUT2D eigenvalue weighted by Crippen LogP contribution is -2.32. The van der Waals surface area contributed by atoms with Crippen LogP contribution in [0.2, 0.25) is 0 Å². The zero-order valence-corrected chi connectivity index (χ0v) is 10.1. The largest absolute Gasteiger partial charge is 0.324 e. The van der Waals surface area contributed by atoms with Gasteiger partial charge in [0.1, 0.15) is 5.82 Å². The van der Waals surface area contributed by atoms with Crippen LogP contribution < -0.4 is 10.7 Å². The molecule has 0 aliphatic heterocycles. The summed E-state index contributed by atoms with van der Waals surface area (Å²) in [5.41, 5.74) is 1.33. The average Bonchev–Trinajstić information content (AvgIpc) is 2.68. The zero-order valence-electron chi connectivity index (χ0n) is 10.1. The fourth-order valence-electron chi connectivity index (χ4n) is 2.38. The van der Waals surface area contributed by atoms with Gasteiger partial charge in [-0.1, -0.05) is 42.5 Å². The molecule has 0 fully saturated rings. The van der Waals surface area contributed by atoms with Crippen molar-refractivity contribution in [3.63, 3.8) is 0 Å². The molecular weight excluding hydrogens is 208 g/mol. The van der Waals surface area contributed by atoms with E-state index in [-0.39, 0.29) is 0 Å². The van der Waals surface area contributed by atoms with E-state index in [0.717, 1.165) is 30.6 Å². The van der Waals surface area contributed by atoms with Gasteiger partial charge >= 0.3 is 0 Å². The van der Waals surface area contributed by atoms with E-state index in [1.165, 1.54) is 10.9 Å². The van der Waals surface area contributed by atoms with Crippen molar-refractivity contribution in [3.8, 4) is 0 Å². The Morgan fingerprint density at radius 3 is 2.71 bits per heavy atom. The number of nitrogens with zero attached hydrogens (tertiary/aromatic N) is 2. The van der Waals surface area contributed by atoms with E-state index in [9.17, 15) is 0 Å². The maximum Gasteiger partial charge on any atom is 0.107 e.